The van der Waals surface area contributed by atoms with Crippen molar-refractivity contribution in [2.24, 2.45) is 0 Å². The summed E-state index contributed by atoms with van der Waals surface area (Å²) in [4.78, 5) is 42.2. The maximum absolute atomic E-state index is 12.2. The van der Waals surface area contributed by atoms with Crippen LogP contribution in [0, 0.1) is 0 Å². The Balaban J connectivity index is 4.02. The van der Waals surface area contributed by atoms with Crippen molar-refractivity contribution in [1.29, 1.82) is 0 Å². The van der Waals surface area contributed by atoms with Gasteiger partial charge in [-0.1, -0.05) is 109 Å². The standard InChI is InChI=1S/C31H57O8P/c1-3-5-7-9-11-12-13-14-15-16-17-18-19-20-22-24-26-31(33)39-29(28-38-40(34,35)36)27-37-30(32)25-23-21-10-8-6-4-2/h12-13,15-16,29H,3-11,14,17-28H2,1-2H3,(H2,34,35,36)/b13-12-,16-15-. The Morgan fingerprint density at radius 1 is 0.650 bits per heavy atom. The maximum Gasteiger partial charge on any atom is 0.469 e. The largest absolute Gasteiger partial charge is 0.469 e. The summed E-state index contributed by atoms with van der Waals surface area (Å²) in [5, 5.41) is 0. The van der Waals surface area contributed by atoms with Crippen molar-refractivity contribution in [3.05, 3.63) is 24.3 Å². The van der Waals surface area contributed by atoms with Gasteiger partial charge in [0.05, 0.1) is 6.61 Å². The van der Waals surface area contributed by atoms with Gasteiger partial charge in [-0.05, 0) is 44.9 Å². The van der Waals surface area contributed by atoms with E-state index < -0.39 is 32.5 Å². The van der Waals surface area contributed by atoms with Crippen LogP contribution < -0.4 is 0 Å². The van der Waals surface area contributed by atoms with Gasteiger partial charge in [0, 0.05) is 12.8 Å². The van der Waals surface area contributed by atoms with E-state index in [2.05, 4.69) is 42.7 Å². The summed E-state index contributed by atoms with van der Waals surface area (Å²) < 4.78 is 26.0. The van der Waals surface area contributed by atoms with E-state index in [-0.39, 0.29) is 19.4 Å². The summed E-state index contributed by atoms with van der Waals surface area (Å²) >= 11 is 0. The molecule has 1 unspecified atom stereocenters. The Morgan fingerprint density at radius 2 is 1.12 bits per heavy atom. The van der Waals surface area contributed by atoms with Crippen molar-refractivity contribution in [2.75, 3.05) is 13.2 Å². The number of carbonyl (C=O) groups is 2. The highest BCUT2D eigenvalue weighted by Gasteiger charge is 2.22. The summed E-state index contributed by atoms with van der Waals surface area (Å²) in [6.07, 6.45) is 27.9. The molecule has 0 amide bonds. The topological polar surface area (TPSA) is 119 Å². The van der Waals surface area contributed by atoms with E-state index in [4.69, 9.17) is 19.3 Å². The predicted molar refractivity (Wildman–Crippen MR) is 161 cm³/mol. The molecule has 0 aliphatic heterocycles. The SMILES string of the molecule is CCCCCC/C=C\C/C=C\CCCCCCCC(=O)OC(COC(=O)CCCCCCCC)COP(=O)(O)O. The Kier molecular flexibility index (Phi) is 26.7. The second-order valence-corrected chi connectivity index (χ2v) is 11.7. The van der Waals surface area contributed by atoms with Gasteiger partial charge in [-0.25, -0.2) is 4.57 Å². The number of ether oxygens (including phenoxy) is 2. The third kappa shape index (κ3) is 29.5. The van der Waals surface area contributed by atoms with E-state index in [1.54, 1.807) is 0 Å². The lowest BCUT2D eigenvalue weighted by atomic mass is 10.1. The van der Waals surface area contributed by atoms with Gasteiger partial charge in [0.2, 0.25) is 0 Å². The van der Waals surface area contributed by atoms with Crippen LogP contribution in [0.15, 0.2) is 24.3 Å². The number of allylic oxidation sites excluding steroid dienone is 4. The number of rotatable bonds is 28. The molecule has 40 heavy (non-hydrogen) atoms. The molecule has 0 saturated carbocycles. The lowest BCUT2D eigenvalue weighted by Gasteiger charge is -2.18. The van der Waals surface area contributed by atoms with Crippen LogP contribution in [0.4, 0.5) is 0 Å². The normalized spacial score (nSPS) is 12.8. The first-order valence-electron chi connectivity index (χ1n) is 15.6. The smallest absolute Gasteiger partial charge is 0.462 e. The molecule has 1 atom stereocenters. The summed E-state index contributed by atoms with van der Waals surface area (Å²) in [5.41, 5.74) is 0. The number of phosphoric ester groups is 1. The number of esters is 2. The molecule has 234 valence electrons. The second-order valence-electron chi connectivity index (χ2n) is 10.4. The maximum atomic E-state index is 12.2. The number of hydrogen-bond acceptors (Lipinski definition) is 6. The highest BCUT2D eigenvalue weighted by molar-refractivity contribution is 7.46. The van der Waals surface area contributed by atoms with Crippen molar-refractivity contribution in [3.8, 4) is 0 Å². The van der Waals surface area contributed by atoms with Crippen molar-refractivity contribution in [1.82, 2.24) is 0 Å². The molecule has 0 radical (unpaired) electrons. The molecule has 0 aromatic rings. The van der Waals surface area contributed by atoms with Gasteiger partial charge in [-0.3, -0.25) is 14.1 Å². The van der Waals surface area contributed by atoms with Crippen LogP contribution in [0.2, 0.25) is 0 Å². The molecule has 0 spiro atoms. The third-order valence-electron chi connectivity index (χ3n) is 6.47. The van der Waals surface area contributed by atoms with Crippen LogP contribution in [-0.4, -0.2) is 41.0 Å². The molecule has 0 fully saturated rings. The zero-order valence-electron chi connectivity index (χ0n) is 25.2. The van der Waals surface area contributed by atoms with Gasteiger partial charge in [-0.15, -0.1) is 0 Å². The third-order valence-corrected chi connectivity index (χ3v) is 6.96. The number of phosphoric acid groups is 1. The summed E-state index contributed by atoms with van der Waals surface area (Å²) in [7, 11) is -4.74. The first-order valence-corrected chi connectivity index (χ1v) is 17.2. The molecule has 0 heterocycles. The van der Waals surface area contributed by atoms with Crippen molar-refractivity contribution >= 4 is 19.8 Å². The minimum Gasteiger partial charge on any atom is -0.462 e. The van der Waals surface area contributed by atoms with E-state index in [1.165, 1.54) is 38.5 Å². The minimum absolute atomic E-state index is 0.197. The number of carbonyl (C=O) groups excluding carboxylic acids is 2. The zero-order valence-corrected chi connectivity index (χ0v) is 26.1. The van der Waals surface area contributed by atoms with Gasteiger partial charge in [0.1, 0.15) is 6.61 Å². The van der Waals surface area contributed by atoms with Crippen molar-refractivity contribution in [2.45, 2.75) is 148 Å². The highest BCUT2D eigenvalue weighted by atomic mass is 31.2. The lowest BCUT2D eigenvalue weighted by Crippen LogP contribution is -2.29. The zero-order chi connectivity index (χ0) is 29.7. The Hall–Kier alpha value is -1.47. The summed E-state index contributed by atoms with van der Waals surface area (Å²) in [6.45, 7) is 3.55. The van der Waals surface area contributed by atoms with E-state index >= 15 is 0 Å². The first kappa shape index (κ1) is 38.5. The van der Waals surface area contributed by atoms with Crippen LogP contribution in [0.5, 0.6) is 0 Å². The molecule has 0 aromatic carbocycles. The van der Waals surface area contributed by atoms with Gasteiger partial charge < -0.3 is 19.3 Å². The monoisotopic (exact) mass is 588 g/mol. The van der Waals surface area contributed by atoms with Crippen LogP contribution >= 0.6 is 7.82 Å². The van der Waals surface area contributed by atoms with Crippen molar-refractivity contribution in [3.63, 3.8) is 0 Å². The fourth-order valence-electron chi connectivity index (χ4n) is 4.11. The molecule has 0 aliphatic rings. The molecule has 2 N–H and O–H groups in total. The molecular formula is C31H57O8P. The molecule has 8 nitrogen and oxygen atoms in total. The van der Waals surface area contributed by atoms with Crippen LogP contribution in [0.1, 0.15) is 142 Å². The first-order chi connectivity index (χ1) is 19.3. The van der Waals surface area contributed by atoms with Gasteiger partial charge >= 0.3 is 19.8 Å². The number of hydrogen-bond donors (Lipinski definition) is 2. The fraction of sp³-hybridized carbons (Fsp3) is 0.806. The Labute approximate surface area is 243 Å². The molecular weight excluding hydrogens is 531 g/mol. The molecule has 0 aliphatic carbocycles. The van der Waals surface area contributed by atoms with E-state index in [0.29, 0.717) is 6.42 Å². The van der Waals surface area contributed by atoms with E-state index in [0.717, 1.165) is 70.6 Å². The van der Waals surface area contributed by atoms with Gasteiger partial charge in [0.25, 0.3) is 0 Å². The molecule has 0 bridgehead atoms. The molecule has 9 heteroatoms. The Bertz CT molecular complexity index is 716. The van der Waals surface area contributed by atoms with Crippen LogP contribution in [0.3, 0.4) is 0 Å². The number of unbranched alkanes of at least 4 members (excludes halogenated alkanes) is 14. The summed E-state index contributed by atoms with van der Waals surface area (Å²) in [6, 6.07) is 0. The molecule has 0 saturated heterocycles. The van der Waals surface area contributed by atoms with Crippen molar-refractivity contribution < 1.29 is 37.9 Å². The second kappa shape index (κ2) is 27.7. The minimum atomic E-state index is -4.74. The Morgan fingerprint density at radius 3 is 1.68 bits per heavy atom. The predicted octanol–water partition coefficient (Wildman–Crippen LogP) is 8.50. The van der Waals surface area contributed by atoms with E-state index in [9.17, 15) is 14.2 Å². The average Bonchev–Trinajstić information content (AvgIpc) is 2.91. The quantitative estimate of drug-likeness (QED) is 0.0404. The fourth-order valence-corrected chi connectivity index (χ4v) is 4.47. The average molecular weight is 589 g/mol. The van der Waals surface area contributed by atoms with Crippen LogP contribution in [-0.2, 0) is 28.2 Å². The molecule has 0 aromatic heterocycles. The van der Waals surface area contributed by atoms with Crippen LogP contribution in [0.25, 0.3) is 0 Å². The van der Waals surface area contributed by atoms with Gasteiger partial charge in [-0.2, -0.15) is 0 Å². The summed E-state index contributed by atoms with van der Waals surface area (Å²) in [5.74, 6) is -0.913. The highest BCUT2D eigenvalue weighted by Crippen LogP contribution is 2.35. The van der Waals surface area contributed by atoms with Gasteiger partial charge in [0.15, 0.2) is 6.10 Å². The lowest BCUT2D eigenvalue weighted by molar-refractivity contribution is -0.161. The molecule has 0 rings (SSSR count). The van der Waals surface area contributed by atoms with E-state index in [1.807, 2.05) is 0 Å².